The molecule has 0 fully saturated rings. The molecule has 0 bridgehead atoms. The minimum Gasteiger partial charge on any atom is -0.496 e. The van der Waals surface area contributed by atoms with Crippen LogP contribution in [0.1, 0.15) is 36.3 Å². The molecule has 2 rings (SSSR count). The van der Waals surface area contributed by atoms with E-state index in [0.717, 1.165) is 30.1 Å². The largest absolute Gasteiger partial charge is 0.496 e. The molecule has 0 aliphatic heterocycles. The first-order chi connectivity index (χ1) is 9.65. The van der Waals surface area contributed by atoms with Gasteiger partial charge in [-0.05, 0) is 25.0 Å². The van der Waals surface area contributed by atoms with Gasteiger partial charge in [0.05, 0.1) is 7.11 Å². The minimum atomic E-state index is -0.108. The van der Waals surface area contributed by atoms with Gasteiger partial charge in [0.15, 0.2) is 0 Å². The monoisotopic (exact) mass is 273 g/mol. The molecule has 2 N–H and O–H groups in total. The molecule has 4 nitrogen and oxygen atoms in total. The van der Waals surface area contributed by atoms with Gasteiger partial charge in [0.1, 0.15) is 11.6 Å². The summed E-state index contributed by atoms with van der Waals surface area (Å²) in [5, 5.41) is 0. The maximum atomic E-state index is 6.34. The number of imidazole rings is 1. The molecule has 1 atom stereocenters. The highest BCUT2D eigenvalue weighted by molar-refractivity contribution is 5.39. The molecule has 0 amide bonds. The topological polar surface area (TPSA) is 53.1 Å². The summed E-state index contributed by atoms with van der Waals surface area (Å²) in [6.45, 7) is 5.19. The summed E-state index contributed by atoms with van der Waals surface area (Å²) in [5.74, 6) is 1.88. The molecule has 1 aromatic carbocycles. The number of methoxy groups -OCH3 is 1. The van der Waals surface area contributed by atoms with E-state index in [2.05, 4.69) is 22.5 Å². The van der Waals surface area contributed by atoms with E-state index in [9.17, 15) is 0 Å². The second-order valence-electron chi connectivity index (χ2n) is 5.09. The first-order valence-corrected chi connectivity index (χ1v) is 7.05. The van der Waals surface area contributed by atoms with Crippen molar-refractivity contribution in [2.75, 3.05) is 7.11 Å². The lowest BCUT2D eigenvalue weighted by Crippen LogP contribution is -2.17. The Balaban J connectivity index is 2.19. The average molecular weight is 273 g/mol. The Labute approximate surface area is 120 Å². The smallest absolute Gasteiger partial charge is 0.123 e. The summed E-state index contributed by atoms with van der Waals surface area (Å²) in [5.41, 5.74) is 8.55. The number of aromatic nitrogens is 2. The third kappa shape index (κ3) is 3.20. The number of hydrogen-bond donors (Lipinski definition) is 1. The Bertz CT molecular complexity index is 563. The summed E-state index contributed by atoms with van der Waals surface area (Å²) < 4.78 is 7.60. The van der Waals surface area contributed by atoms with Crippen molar-refractivity contribution in [3.05, 3.63) is 47.5 Å². The van der Waals surface area contributed by atoms with Crippen molar-refractivity contribution in [3.8, 4) is 5.75 Å². The van der Waals surface area contributed by atoms with E-state index < -0.39 is 0 Å². The van der Waals surface area contributed by atoms with Crippen molar-refractivity contribution in [2.45, 2.75) is 39.3 Å². The Morgan fingerprint density at radius 1 is 1.40 bits per heavy atom. The molecule has 2 aromatic rings. The molecule has 0 saturated heterocycles. The van der Waals surface area contributed by atoms with Crippen LogP contribution in [0.4, 0.5) is 0 Å². The maximum absolute atomic E-state index is 6.34. The van der Waals surface area contributed by atoms with Gasteiger partial charge >= 0.3 is 0 Å². The Morgan fingerprint density at radius 2 is 2.20 bits per heavy atom. The summed E-state index contributed by atoms with van der Waals surface area (Å²) in [6.07, 6.45) is 5.65. The Morgan fingerprint density at radius 3 is 2.90 bits per heavy atom. The van der Waals surface area contributed by atoms with E-state index in [0.29, 0.717) is 6.42 Å². The van der Waals surface area contributed by atoms with Crippen LogP contribution in [0, 0.1) is 6.92 Å². The van der Waals surface area contributed by atoms with Crippen LogP contribution in [-0.4, -0.2) is 16.7 Å². The molecule has 0 radical (unpaired) electrons. The lowest BCUT2D eigenvalue weighted by molar-refractivity contribution is 0.404. The predicted octanol–water partition coefficient (Wildman–Crippen LogP) is 2.85. The summed E-state index contributed by atoms with van der Waals surface area (Å²) in [6, 6.07) is 6.03. The molecular formula is C16H23N3O. The van der Waals surface area contributed by atoms with Crippen LogP contribution in [0.2, 0.25) is 0 Å². The lowest BCUT2D eigenvalue weighted by Gasteiger charge is -2.17. The molecule has 0 saturated carbocycles. The Kier molecular flexibility index (Phi) is 4.79. The third-order valence-corrected chi connectivity index (χ3v) is 3.46. The van der Waals surface area contributed by atoms with E-state index in [1.165, 1.54) is 5.56 Å². The van der Waals surface area contributed by atoms with E-state index in [1.54, 1.807) is 7.11 Å². The van der Waals surface area contributed by atoms with Gasteiger partial charge in [0.2, 0.25) is 0 Å². The second kappa shape index (κ2) is 6.57. The van der Waals surface area contributed by atoms with Crippen LogP contribution < -0.4 is 10.5 Å². The van der Waals surface area contributed by atoms with Crippen LogP contribution in [-0.2, 0) is 13.0 Å². The van der Waals surface area contributed by atoms with Gasteiger partial charge in [0.25, 0.3) is 0 Å². The van der Waals surface area contributed by atoms with Crippen molar-refractivity contribution in [2.24, 2.45) is 5.73 Å². The number of aryl methyl sites for hydroxylation is 2. The SMILES string of the molecule is CCCn1ccnc1CC(N)c1ccc(C)cc1OC. The first-order valence-electron chi connectivity index (χ1n) is 7.05. The van der Waals surface area contributed by atoms with Gasteiger partial charge in [-0.2, -0.15) is 0 Å². The van der Waals surface area contributed by atoms with E-state index >= 15 is 0 Å². The van der Waals surface area contributed by atoms with Gasteiger partial charge in [-0.3, -0.25) is 0 Å². The molecule has 0 aliphatic carbocycles. The zero-order valence-corrected chi connectivity index (χ0v) is 12.5. The number of rotatable bonds is 6. The molecule has 108 valence electrons. The van der Waals surface area contributed by atoms with Crippen molar-refractivity contribution in [3.63, 3.8) is 0 Å². The lowest BCUT2D eigenvalue weighted by atomic mass is 10.0. The second-order valence-corrected chi connectivity index (χ2v) is 5.09. The highest BCUT2D eigenvalue weighted by atomic mass is 16.5. The number of hydrogen-bond acceptors (Lipinski definition) is 3. The zero-order valence-electron chi connectivity index (χ0n) is 12.5. The molecule has 1 aromatic heterocycles. The van der Waals surface area contributed by atoms with Crippen molar-refractivity contribution in [1.29, 1.82) is 0 Å². The van der Waals surface area contributed by atoms with E-state index in [-0.39, 0.29) is 6.04 Å². The summed E-state index contributed by atoms with van der Waals surface area (Å²) in [4.78, 5) is 4.42. The van der Waals surface area contributed by atoms with Crippen LogP contribution >= 0.6 is 0 Å². The van der Waals surface area contributed by atoms with Crippen LogP contribution in [0.5, 0.6) is 5.75 Å². The third-order valence-electron chi connectivity index (χ3n) is 3.46. The zero-order chi connectivity index (χ0) is 14.5. The highest BCUT2D eigenvalue weighted by Gasteiger charge is 2.15. The van der Waals surface area contributed by atoms with Crippen LogP contribution in [0.3, 0.4) is 0 Å². The molecule has 1 unspecified atom stereocenters. The minimum absolute atomic E-state index is 0.108. The molecule has 0 spiro atoms. The number of ether oxygens (including phenoxy) is 1. The fourth-order valence-electron chi connectivity index (χ4n) is 2.41. The quantitative estimate of drug-likeness (QED) is 0.880. The van der Waals surface area contributed by atoms with Gasteiger partial charge in [-0.1, -0.05) is 19.1 Å². The molecular weight excluding hydrogens is 250 g/mol. The van der Waals surface area contributed by atoms with Gasteiger partial charge in [-0.25, -0.2) is 4.98 Å². The average Bonchev–Trinajstić information content (AvgIpc) is 2.86. The normalized spacial score (nSPS) is 12.4. The first kappa shape index (κ1) is 14.6. The van der Waals surface area contributed by atoms with Crippen LogP contribution in [0.15, 0.2) is 30.6 Å². The fourth-order valence-corrected chi connectivity index (χ4v) is 2.41. The Hall–Kier alpha value is -1.81. The molecule has 1 heterocycles. The van der Waals surface area contributed by atoms with E-state index in [4.69, 9.17) is 10.5 Å². The van der Waals surface area contributed by atoms with Gasteiger partial charge in [0, 0.05) is 37.0 Å². The molecule has 20 heavy (non-hydrogen) atoms. The summed E-state index contributed by atoms with van der Waals surface area (Å²) >= 11 is 0. The van der Waals surface area contributed by atoms with Crippen LogP contribution in [0.25, 0.3) is 0 Å². The van der Waals surface area contributed by atoms with Crippen molar-refractivity contribution >= 4 is 0 Å². The van der Waals surface area contributed by atoms with Crippen molar-refractivity contribution in [1.82, 2.24) is 9.55 Å². The number of benzene rings is 1. The summed E-state index contributed by atoms with van der Waals surface area (Å²) in [7, 11) is 1.68. The van der Waals surface area contributed by atoms with Crippen molar-refractivity contribution < 1.29 is 4.74 Å². The molecule has 4 heteroatoms. The predicted molar refractivity (Wildman–Crippen MR) is 80.9 cm³/mol. The number of nitrogens with zero attached hydrogens (tertiary/aromatic N) is 2. The number of nitrogens with two attached hydrogens (primary N) is 1. The molecule has 0 aliphatic rings. The maximum Gasteiger partial charge on any atom is 0.123 e. The van der Waals surface area contributed by atoms with Gasteiger partial charge < -0.3 is 15.0 Å². The highest BCUT2D eigenvalue weighted by Crippen LogP contribution is 2.26. The van der Waals surface area contributed by atoms with E-state index in [1.807, 2.05) is 31.5 Å². The van der Waals surface area contributed by atoms with Gasteiger partial charge in [-0.15, -0.1) is 0 Å². The fraction of sp³-hybridized carbons (Fsp3) is 0.438. The standard InChI is InChI=1S/C16H23N3O/c1-4-8-19-9-7-18-16(19)11-14(17)13-6-5-12(2)10-15(13)20-3/h5-7,9-10,14H,4,8,11,17H2,1-3H3.